The van der Waals surface area contributed by atoms with E-state index in [2.05, 4.69) is 5.32 Å². The molecule has 1 aliphatic heterocycles. The molecule has 0 radical (unpaired) electrons. The van der Waals surface area contributed by atoms with Crippen molar-refractivity contribution in [3.05, 3.63) is 18.2 Å². The van der Waals surface area contributed by atoms with Crippen LogP contribution in [-0.2, 0) is 4.79 Å². The fraction of sp³-hybridized carbons (Fsp3) is 0.222. The van der Waals surface area contributed by atoms with Crippen molar-refractivity contribution in [2.75, 3.05) is 12.4 Å². The van der Waals surface area contributed by atoms with Crippen molar-refractivity contribution in [3.8, 4) is 11.5 Å². The highest BCUT2D eigenvalue weighted by Gasteiger charge is 2.20. The number of benzene rings is 1. The summed E-state index contributed by atoms with van der Waals surface area (Å²) in [6.45, 7) is 0. The van der Waals surface area contributed by atoms with Crippen molar-refractivity contribution in [3.63, 3.8) is 0 Å². The molecule has 0 spiro atoms. The van der Waals surface area contributed by atoms with E-state index in [1.54, 1.807) is 25.3 Å². The van der Waals surface area contributed by atoms with Gasteiger partial charge in [0.15, 0.2) is 6.29 Å². The third-order valence-corrected chi connectivity index (χ3v) is 1.86. The van der Waals surface area contributed by atoms with Gasteiger partial charge in [-0.3, -0.25) is 4.79 Å². The first-order valence-corrected chi connectivity index (χ1v) is 3.90. The molecule has 0 saturated carbocycles. The number of hydrogen-bond donors (Lipinski definition) is 1. The van der Waals surface area contributed by atoms with E-state index in [-0.39, 0.29) is 0 Å². The van der Waals surface area contributed by atoms with Crippen LogP contribution in [0.4, 0.5) is 5.69 Å². The number of hydrogen-bond acceptors (Lipinski definition) is 4. The Kier molecular flexibility index (Phi) is 1.81. The number of fused-ring (bicyclic) bond motifs is 1. The van der Waals surface area contributed by atoms with Crippen molar-refractivity contribution < 1.29 is 14.3 Å². The molecule has 1 aromatic carbocycles. The first kappa shape index (κ1) is 7.91. The van der Waals surface area contributed by atoms with E-state index in [0.29, 0.717) is 12.0 Å². The number of carbonyl (C=O) groups excluding carboxylic acids is 1. The van der Waals surface area contributed by atoms with Gasteiger partial charge in [0.2, 0.25) is 6.23 Å². The maximum absolute atomic E-state index is 10.4. The van der Waals surface area contributed by atoms with Gasteiger partial charge in [0, 0.05) is 6.07 Å². The van der Waals surface area contributed by atoms with E-state index in [9.17, 15) is 4.79 Å². The second-order valence-electron chi connectivity index (χ2n) is 2.68. The highest BCUT2D eigenvalue weighted by Crippen LogP contribution is 2.34. The summed E-state index contributed by atoms with van der Waals surface area (Å²) in [5.74, 6) is 1.42. The van der Waals surface area contributed by atoms with Crippen LogP contribution < -0.4 is 14.8 Å². The van der Waals surface area contributed by atoms with E-state index < -0.39 is 6.23 Å². The first-order valence-electron chi connectivity index (χ1n) is 3.90. The monoisotopic (exact) mass is 179 g/mol. The third kappa shape index (κ3) is 1.30. The van der Waals surface area contributed by atoms with Gasteiger partial charge in [-0.05, 0) is 12.1 Å². The summed E-state index contributed by atoms with van der Waals surface area (Å²) in [5, 5.41) is 2.89. The van der Waals surface area contributed by atoms with Gasteiger partial charge in [-0.1, -0.05) is 0 Å². The van der Waals surface area contributed by atoms with Crippen LogP contribution in [-0.4, -0.2) is 19.6 Å². The zero-order valence-corrected chi connectivity index (χ0v) is 7.11. The summed E-state index contributed by atoms with van der Waals surface area (Å²) < 4.78 is 10.2. The van der Waals surface area contributed by atoms with Crippen LogP contribution in [0.5, 0.6) is 11.5 Å². The van der Waals surface area contributed by atoms with Gasteiger partial charge in [-0.25, -0.2) is 0 Å². The maximum Gasteiger partial charge on any atom is 0.226 e. The molecule has 1 aliphatic rings. The topological polar surface area (TPSA) is 47.6 Å². The molecule has 1 heterocycles. The van der Waals surface area contributed by atoms with Crippen LogP contribution in [0.2, 0.25) is 0 Å². The lowest BCUT2D eigenvalue weighted by Gasteiger charge is -2.00. The number of aldehydes is 1. The molecular weight excluding hydrogens is 170 g/mol. The largest absolute Gasteiger partial charge is 0.497 e. The number of methoxy groups -OCH3 is 1. The Labute approximate surface area is 75.5 Å². The molecule has 4 heteroatoms. The van der Waals surface area contributed by atoms with Crippen LogP contribution in [0.15, 0.2) is 18.2 Å². The number of ether oxygens (including phenoxy) is 2. The van der Waals surface area contributed by atoms with Crippen molar-refractivity contribution in [2.45, 2.75) is 6.23 Å². The van der Waals surface area contributed by atoms with Gasteiger partial charge >= 0.3 is 0 Å². The molecule has 1 N–H and O–H groups in total. The molecule has 0 fully saturated rings. The number of carbonyl (C=O) groups is 1. The average molecular weight is 179 g/mol. The van der Waals surface area contributed by atoms with Gasteiger partial charge in [-0.2, -0.15) is 0 Å². The summed E-state index contributed by atoms with van der Waals surface area (Å²) in [6.07, 6.45) is 0.147. The Balaban J connectivity index is 2.30. The van der Waals surface area contributed by atoms with Gasteiger partial charge in [0.25, 0.3) is 0 Å². The predicted octanol–water partition coefficient (Wildman–Crippen LogP) is 1.02. The van der Waals surface area contributed by atoms with Crippen LogP contribution in [0.1, 0.15) is 0 Å². The Morgan fingerprint density at radius 1 is 1.62 bits per heavy atom. The Morgan fingerprint density at radius 3 is 3.15 bits per heavy atom. The zero-order valence-electron chi connectivity index (χ0n) is 7.11. The molecule has 0 bridgehead atoms. The summed E-state index contributed by atoms with van der Waals surface area (Å²) in [5.41, 5.74) is 0.788. The van der Waals surface area contributed by atoms with E-state index >= 15 is 0 Å². The minimum Gasteiger partial charge on any atom is -0.497 e. The molecule has 0 aromatic heterocycles. The van der Waals surface area contributed by atoms with E-state index in [1.165, 1.54) is 0 Å². The lowest BCUT2D eigenvalue weighted by atomic mass is 10.3. The smallest absolute Gasteiger partial charge is 0.226 e. The van der Waals surface area contributed by atoms with Crippen LogP contribution in [0, 0.1) is 0 Å². The maximum atomic E-state index is 10.4. The summed E-state index contributed by atoms with van der Waals surface area (Å²) >= 11 is 0. The fourth-order valence-electron chi connectivity index (χ4n) is 1.23. The quantitative estimate of drug-likeness (QED) is 0.688. The van der Waals surface area contributed by atoms with Gasteiger partial charge in [0.05, 0.1) is 12.8 Å². The summed E-state index contributed by atoms with van der Waals surface area (Å²) in [4.78, 5) is 10.4. The van der Waals surface area contributed by atoms with Gasteiger partial charge < -0.3 is 14.8 Å². The average Bonchev–Trinajstić information content (AvgIpc) is 2.58. The Bertz CT molecular complexity index is 338. The lowest BCUT2D eigenvalue weighted by molar-refractivity contribution is -0.112. The second-order valence-corrected chi connectivity index (χ2v) is 2.68. The number of anilines is 1. The normalized spacial score (nSPS) is 18.4. The molecule has 0 saturated heterocycles. The standard InChI is InChI=1S/C9H9NO3/c1-12-6-2-3-8-7(4-6)10-9(5-11)13-8/h2-5,9-10H,1H3. The Hall–Kier alpha value is -1.71. The SMILES string of the molecule is COc1ccc2c(c1)NC(C=O)O2. The van der Waals surface area contributed by atoms with Crippen LogP contribution in [0.25, 0.3) is 0 Å². The minimum atomic E-state index is -0.567. The minimum absolute atomic E-state index is 0.567. The molecule has 68 valence electrons. The third-order valence-electron chi connectivity index (χ3n) is 1.86. The first-order chi connectivity index (χ1) is 6.33. The highest BCUT2D eigenvalue weighted by molar-refractivity contribution is 5.72. The highest BCUT2D eigenvalue weighted by atomic mass is 16.5. The van der Waals surface area contributed by atoms with E-state index in [0.717, 1.165) is 11.4 Å². The van der Waals surface area contributed by atoms with Gasteiger partial charge in [-0.15, -0.1) is 0 Å². The molecule has 0 amide bonds. The molecule has 0 aliphatic carbocycles. The van der Waals surface area contributed by atoms with E-state index in [4.69, 9.17) is 9.47 Å². The Morgan fingerprint density at radius 2 is 2.46 bits per heavy atom. The fourth-order valence-corrected chi connectivity index (χ4v) is 1.23. The molecule has 4 nitrogen and oxygen atoms in total. The van der Waals surface area contributed by atoms with Crippen molar-refractivity contribution >= 4 is 12.0 Å². The molecule has 1 atom stereocenters. The van der Waals surface area contributed by atoms with Crippen molar-refractivity contribution in [1.82, 2.24) is 0 Å². The van der Waals surface area contributed by atoms with Crippen LogP contribution in [0.3, 0.4) is 0 Å². The van der Waals surface area contributed by atoms with Crippen LogP contribution >= 0.6 is 0 Å². The molecule has 2 rings (SSSR count). The van der Waals surface area contributed by atoms with Crippen molar-refractivity contribution in [2.24, 2.45) is 0 Å². The predicted molar refractivity (Wildman–Crippen MR) is 47.1 cm³/mol. The molecule has 13 heavy (non-hydrogen) atoms. The number of rotatable bonds is 2. The lowest BCUT2D eigenvalue weighted by Crippen LogP contribution is -2.20. The summed E-state index contributed by atoms with van der Waals surface area (Å²) in [6, 6.07) is 5.34. The molecule has 1 unspecified atom stereocenters. The van der Waals surface area contributed by atoms with Crippen molar-refractivity contribution in [1.29, 1.82) is 0 Å². The van der Waals surface area contributed by atoms with E-state index in [1.807, 2.05) is 0 Å². The molecular formula is C9H9NO3. The number of nitrogens with one attached hydrogen (secondary N) is 1. The second kappa shape index (κ2) is 2.97. The summed E-state index contributed by atoms with van der Waals surface area (Å²) in [7, 11) is 1.59. The van der Waals surface area contributed by atoms with Gasteiger partial charge in [0.1, 0.15) is 11.5 Å². The zero-order chi connectivity index (χ0) is 9.26. The molecule has 1 aromatic rings.